The van der Waals surface area contributed by atoms with Crippen LogP contribution in [0.15, 0.2) is 24.3 Å². The van der Waals surface area contributed by atoms with Gasteiger partial charge in [-0.1, -0.05) is 12.1 Å². The molecule has 2 amide bonds. The standard InChI is InChI=1S/C15H21N3O3/c1-17-7-9-18(10-8-17)15(21)16-6-5-12-3-2-4-13(11-12)14(19)20/h2-4,11H,5-10H2,1H3,(H,16,21)(H,19,20). The first kappa shape index (κ1) is 15.3. The Morgan fingerprint density at radius 2 is 1.95 bits per heavy atom. The number of hydrogen-bond donors (Lipinski definition) is 2. The SMILES string of the molecule is CN1CCN(C(=O)NCCc2cccc(C(=O)O)c2)CC1. The second-order valence-electron chi connectivity index (χ2n) is 5.28. The van der Waals surface area contributed by atoms with Gasteiger partial charge in [0.1, 0.15) is 0 Å². The number of carbonyl (C=O) groups excluding carboxylic acids is 1. The summed E-state index contributed by atoms with van der Waals surface area (Å²) in [5, 5.41) is 11.8. The fourth-order valence-corrected chi connectivity index (χ4v) is 2.29. The first-order valence-corrected chi connectivity index (χ1v) is 7.10. The Labute approximate surface area is 124 Å². The van der Waals surface area contributed by atoms with Crippen molar-refractivity contribution in [3.8, 4) is 0 Å². The first-order valence-electron chi connectivity index (χ1n) is 7.10. The Kier molecular flexibility index (Phi) is 5.16. The van der Waals surface area contributed by atoms with Gasteiger partial charge >= 0.3 is 12.0 Å². The van der Waals surface area contributed by atoms with Gasteiger partial charge in [-0.15, -0.1) is 0 Å². The van der Waals surface area contributed by atoms with Crippen LogP contribution in [-0.4, -0.2) is 66.7 Å². The molecule has 21 heavy (non-hydrogen) atoms. The molecule has 1 fully saturated rings. The number of carboxylic acids is 1. The van der Waals surface area contributed by atoms with E-state index in [1.54, 1.807) is 18.2 Å². The average molecular weight is 291 g/mol. The molecule has 2 N–H and O–H groups in total. The Bertz CT molecular complexity index is 511. The highest BCUT2D eigenvalue weighted by Gasteiger charge is 2.18. The van der Waals surface area contributed by atoms with Crippen molar-refractivity contribution in [1.82, 2.24) is 15.1 Å². The number of nitrogens with zero attached hydrogens (tertiary/aromatic N) is 2. The zero-order valence-electron chi connectivity index (χ0n) is 12.2. The summed E-state index contributed by atoms with van der Waals surface area (Å²) in [7, 11) is 2.05. The number of benzene rings is 1. The second kappa shape index (κ2) is 7.08. The zero-order chi connectivity index (χ0) is 15.2. The Hall–Kier alpha value is -2.08. The highest BCUT2D eigenvalue weighted by atomic mass is 16.4. The van der Waals surface area contributed by atoms with E-state index in [0.717, 1.165) is 31.7 Å². The highest BCUT2D eigenvalue weighted by Crippen LogP contribution is 2.06. The molecule has 0 atom stereocenters. The summed E-state index contributed by atoms with van der Waals surface area (Å²) in [5.74, 6) is -0.932. The van der Waals surface area contributed by atoms with Crippen LogP contribution in [-0.2, 0) is 6.42 Å². The lowest BCUT2D eigenvalue weighted by Crippen LogP contribution is -2.50. The summed E-state index contributed by atoms with van der Waals surface area (Å²) < 4.78 is 0. The molecular formula is C15H21N3O3. The number of urea groups is 1. The predicted molar refractivity (Wildman–Crippen MR) is 79.6 cm³/mol. The summed E-state index contributed by atoms with van der Waals surface area (Å²) in [6, 6.07) is 6.76. The molecule has 6 heteroatoms. The molecular weight excluding hydrogens is 270 g/mol. The number of hydrogen-bond acceptors (Lipinski definition) is 3. The van der Waals surface area contributed by atoms with Gasteiger partial charge in [0.2, 0.25) is 0 Å². The minimum Gasteiger partial charge on any atom is -0.478 e. The molecule has 0 unspecified atom stereocenters. The van der Waals surface area contributed by atoms with Crippen LogP contribution in [0.2, 0.25) is 0 Å². The lowest BCUT2D eigenvalue weighted by Gasteiger charge is -2.32. The van der Waals surface area contributed by atoms with Crippen LogP contribution in [0, 0.1) is 0 Å². The smallest absolute Gasteiger partial charge is 0.335 e. The molecule has 0 spiro atoms. The van der Waals surface area contributed by atoms with Crippen molar-refractivity contribution in [1.29, 1.82) is 0 Å². The van der Waals surface area contributed by atoms with Crippen molar-refractivity contribution >= 4 is 12.0 Å². The molecule has 1 aromatic rings. The minimum atomic E-state index is -0.932. The molecule has 1 aliphatic heterocycles. The van der Waals surface area contributed by atoms with E-state index < -0.39 is 5.97 Å². The normalized spacial score (nSPS) is 15.8. The van der Waals surface area contributed by atoms with Crippen LogP contribution in [0.4, 0.5) is 4.79 Å². The number of nitrogens with one attached hydrogen (secondary N) is 1. The number of aromatic carboxylic acids is 1. The molecule has 114 valence electrons. The van der Waals surface area contributed by atoms with E-state index in [1.807, 2.05) is 18.0 Å². The number of carbonyl (C=O) groups is 2. The van der Waals surface area contributed by atoms with Crippen LogP contribution >= 0.6 is 0 Å². The van der Waals surface area contributed by atoms with E-state index in [9.17, 15) is 9.59 Å². The van der Waals surface area contributed by atoms with E-state index >= 15 is 0 Å². The van der Waals surface area contributed by atoms with Gasteiger partial charge in [0.05, 0.1) is 5.56 Å². The van der Waals surface area contributed by atoms with Crippen molar-refractivity contribution in [2.45, 2.75) is 6.42 Å². The Balaban J connectivity index is 1.77. The maximum atomic E-state index is 12.0. The van der Waals surface area contributed by atoms with Crippen molar-refractivity contribution in [2.24, 2.45) is 0 Å². The monoisotopic (exact) mass is 291 g/mol. The molecule has 6 nitrogen and oxygen atoms in total. The van der Waals surface area contributed by atoms with E-state index in [4.69, 9.17) is 5.11 Å². The van der Waals surface area contributed by atoms with Gasteiger partial charge < -0.3 is 20.2 Å². The van der Waals surface area contributed by atoms with Crippen LogP contribution < -0.4 is 5.32 Å². The lowest BCUT2D eigenvalue weighted by molar-refractivity contribution is 0.0696. The number of amides is 2. The summed E-state index contributed by atoms with van der Waals surface area (Å²) in [6.07, 6.45) is 0.626. The van der Waals surface area contributed by atoms with Gasteiger partial charge in [-0.25, -0.2) is 9.59 Å². The largest absolute Gasteiger partial charge is 0.478 e. The molecule has 0 bridgehead atoms. The quantitative estimate of drug-likeness (QED) is 0.864. The fourth-order valence-electron chi connectivity index (χ4n) is 2.29. The second-order valence-corrected chi connectivity index (χ2v) is 5.28. The predicted octanol–water partition coefficient (Wildman–Crippen LogP) is 0.884. The number of likely N-dealkylation sites (N-methyl/N-ethyl adjacent to an activating group) is 1. The van der Waals surface area contributed by atoms with Gasteiger partial charge in [-0.05, 0) is 31.2 Å². The van der Waals surface area contributed by atoms with E-state index in [-0.39, 0.29) is 11.6 Å². The van der Waals surface area contributed by atoms with Gasteiger partial charge in [0, 0.05) is 32.7 Å². The summed E-state index contributed by atoms with van der Waals surface area (Å²) in [5.41, 5.74) is 1.19. The van der Waals surface area contributed by atoms with Gasteiger partial charge in [0.25, 0.3) is 0 Å². The summed E-state index contributed by atoms with van der Waals surface area (Å²) in [6.45, 7) is 3.80. The molecule has 0 aliphatic carbocycles. The van der Waals surface area contributed by atoms with Crippen molar-refractivity contribution in [3.63, 3.8) is 0 Å². The fraction of sp³-hybridized carbons (Fsp3) is 0.467. The van der Waals surface area contributed by atoms with E-state index in [2.05, 4.69) is 10.2 Å². The van der Waals surface area contributed by atoms with Crippen LogP contribution in [0.1, 0.15) is 15.9 Å². The summed E-state index contributed by atoms with van der Waals surface area (Å²) in [4.78, 5) is 26.9. The first-order chi connectivity index (χ1) is 10.1. The molecule has 0 saturated carbocycles. The topological polar surface area (TPSA) is 72.9 Å². The molecule has 1 saturated heterocycles. The molecule has 1 aliphatic rings. The maximum Gasteiger partial charge on any atom is 0.335 e. The number of carboxylic acid groups (broad SMARTS) is 1. The third-order valence-electron chi connectivity index (χ3n) is 3.65. The van der Waals surface area contributed by atoms with E-state index in [1.165, 1.54) is 0 Å². The zero-order valence-corrected chi connectivity index (χ0v) is 12.2. The maximum absolute atomic E-state index is 12.0. The number of piperazine rings is 1. The molecule has 0 radical (unpaired) electrons. The van der Waals surface area contributed by atoms with Gasteiger partial charge in [-0.2, -0.15) is 0 Å². The summed E-state index contributed by atoms with van der Waals surface area (Å²) >= 11 is 0. The van der Waals surface area contributed by atoms with E-state index in [0.29, 0.717) is 13.0 Å². The Morgan fingerprint density at radius 1 is 1.24 bits per heavy atom. The lowest BCUT2D eigenvalue weighted by atomic mass is 10.1. The van der Waals surface area contributed by atoms with Crippen LogP contribution in [0.25, 0.3) is 0 Å². The molecule has 1 heterocycles. The highest BCUT2D eigenvalue weighted by molar-refractivity contribution is 5.87. The third-order valence-corrected chi connectivity index (χ3v) is 3.65. The third kappa shape index (κ3) is 4.46. The number of rotatable bonds is 4. The molecule has 2 rings (SSSR count). The Morgan fingerprint density at radius 3 is 2.62 bits per heavy atom. The van der Waals surface area contributed by atoms with Crippen molar-refractivity contribution < 1.29 is 14.7 Å². The van der Waals surface area contributed by atoms with Gasteiger partial charge in [0.15, 0.2) is 0 Å². The molecule has 0 aromatic heterocycles. The average Bonchev–Trinajstić information content (AvgIpc) is 2.48. The molecule has 1 aromatic carbocycles. The van der Waals surface area contributed by atoms with Crippen LogP contribution in [0.3, 0.4) is 0 Å². The minimum absolute atomic E-state index is 0.0440. The van der Waals surface area contributed by atoms with Crippen molar-refractivity contribution in [3.05, 3.63) is 35.4 Å². The van der Waals surface area contributed by atoms with Gasteiger partial charge in [-0.3, -0.25) is 0 Å². The van der Waals surface area contributed by atoms with Crippen LogP contribution in [0.5, 0.6) is 0 Å². The van der Waals surface area contributed by atoms with Crippen molar-refractivity contribution in [2.75, 3.05) is 39.8 Å².